The van der Waals surface area contributed by atoms with Gasteiger partial charge in [0.25, 0.3) is 5.91 Å². The van der Waals surface area contributed by atoms with E-state index >= 15 is 0 Å². The number of nitrogens with zero attached hydrogens (tertiary/aromatic N) is 7. The fraction of sp³-hybridized carbons (Fsp3) is 0.417. The number of methoxy groups -OCH3 is 1. The average Bonchev–Trinajstić information content (AvgIpc) is 3.97. The standard InChI is InChI=1S/C36H39F3N8O3/c1-49-33-27(34(50-22-36(37,38)39)44-32(43-33)25-12-13-25)20-45-18-26-19-46(35(48)30-31(40)42-15-14-41-30)16-17-47(26)28(21-45)29(23-8-4-2-5-9-23)24-10-6-3-7-11-24/h2-11,14-15,25-26,28-29H,12-13,16-22H2,1H3,(H2,40,42)/t26-,28+/m1/s1. The molecule has 2 N–H and O–H groups in total. The predicted octanol–water partition coefficient (Wildman–Crippen LogP) is 4.52. The zero-order valence-corrected chi connectivity index (χ0v) is 27.7. The number of halogens is 3. The number of aromatic nitrogens is 4. The van der Waals surface area contributed by atoms with Crippen LogP contribution in [0.1, 0.15) is 57.7 Å². The Hall–Kier alpha value is -4.82. The maximum Gasteiger partial charge on any atom is 0.422 e. The van der Waals surface area contributed by atoms with Gasteiger partial charge in [0.1, 0.15) is 5.82 Å². The normalized spacial score (nSPS) is 20.1. The molecule has 3 aliphatic rings. The highest BCUT2D eigenvalue weighted by Crippen LogP contribution is 2.42. The second-order valence-electron chi connectivity index (χ2n) is 13.0. The molecule has 14 heteroatoms. The fourth-order valence-electron chi connectivity index (χ4n) is 7.22. The molecule has 2 aromatic heterocycles. The van der Waals surface area contributed by atoms with Gasteiger partial charge in [0, 0.05) is 75.6 Å². The highest BCUT2D eigenvalue weighted by Gasteiger charge is 2.44. The number of nitrogens with two attached hydrogens (primary N) is 1. The summed E-state index contributed by atoms with van der Waals surface area (Å²) in [6.07, 6.45) is 0.0769. The van der Waals surface area contributed by atoms with E-state index < -0.39 is 12.8 Å². The molecule has 2 saturated heterocycles. The lowest BCUT2D eigenvalue weighted by Crippen LogP contribution is -2.67. The number of anilines is 1. The quantitative estimate of drug-likeness (QED) is 0.255. The lowest BCUT2D eigenvalue weighted by atomic mass is 9.81. The molecule has 4 aromatic rings. The second-order valence-corrected chi connectivity index (χ2v) is 13.0. The molecule has 2 atom stereocenters. The van der Waals surface area contributed by atoms with Gasteiger partial charge in [0.05, 0.1) is 12.7 Å². The summed E-state index contributed by atoms with van der Waals surface area (Å²) in [6.45, 7) is 1.26. The minimum Gasteiger partial charge on any atom is -0.481 e. The van der Waals surface area contributed by atoms with Crippen molar-refractivity contribution in [3.8, 4) is 11.8 Å². The van der Waals surface area contributed by atoms with Crippen molar-refractivity contribution in [2.24, 2.45) is 0 Å². The molecule has 7 rings (SSSR count). The second kappa shape index (κ2) is 14.2. The highest BCUT2D eigenvalue weighted by atomic mass is 19.4. The summed E-state index contributed by atoms with van der Waals surface area (Å²) in [5.41, 5.74) is 8.79. The van der Waals surface area contributed by atoms with Crippen molar-refractivity contribution in [3.05, 3.63) is 101 Å². The number of ether oxygens (including phenoxy) is 2. The van der Waals surface area contributed by atoms with Gasteiger partial charge in [-0.25, -0.2) is 9.97 Å². The van der Waals surface area contributed by atoms with E-state index in [9.17, 15) is 18.0 Å². The van der Waals surface area contributed by atoms with Gasteiger partial charge in [-0.3, -0.25) is 14.6 Å². The first kappa shape index (κ1) is 33.7. The fourth-order valence-corrected chi connectivity index (χ4v) is 7.22. The van der Waals surface area contributed by atoms with E-state index in [1.54, 1.807) is 4.90 Å². The van der Waals surface area contributed by atoms with Crippen LogP contribution in [0, 0.1) is 0 Å². The summed E-state index contributed by atoms with van der Waals surface area (Å²) < 4.78 is 51.3. The number of alkyl halides is 3. The summed E-state index contributed by atoms with van der Waals surface area (Å²) in [6, 6.07) is 20.4. The monoisotopic (exact) mass is 688 g/mol. The molecule has 1 aliphatic carbocycles. The van der Waals surface area contributed by atoms with Gasteiger partial charge in [-0.2, -0.15) is 23.1 Å². The van der Waals surface area contributed by atoms with E-state index in [-0.39, 0.29) is 59.6 Å². The van der Waals surface area contributed by atoms with Gasteiger partial charge in [-0.1, -0.05) is 60.7 Å². The Morgan fingerprint density at radius 3 is 2.20 bits per heavy atom. The molecule has 0 bridgehead atoms. The van der Waals surface area contributed by atoms with Gasteiger partial charge < -0.3 is 20.1 Å². The third-order valence-electron chi connectivity index (χ3n) is 9.63. The highest BCUT2D eigenvalue weighted by molar-refractivity contribution is 5.96. The van der Waals surface area contributed by atoms with E-state index in [1.165, 1.54) is 19.5 Å². The first-order valence-electron chi connectivity index (χ1n) is 16.8. The largest absolute Gasteiger partial charge is 0.481 e. The number of amides is 1. The molecule has 1 saturated carbocycles. The molecule has 262 valence electrons. The molecule has 0 unspecified atom stereocenters. The van der Waals surface area contributed by atoms with Gasteiger partial charge in [0.15, 0.2) is 18.1 Å². The third-order valence-corrected chi connectivity index (χ3v) is 9.63. The van der Waals surface area contributed by atoms with Gasteiger partial charge in [-0.05, 0) is 24.0 Å². The first-order valence-corrected chi connectivity index (χ1v) is 16.8. The van der Waals surface area contributed by atoms with E-state index in [0.717, 1.165) is 24.0 Å². The van der Waals surface area contributed by atoms with Crippen molar-refractivity contribution in [2.45, 2.75) is 49.5 Å². The van der Waals surface area contributed by atoms with E-state index in [1.807, 2.05) is 36.4 Å². The van der Waals surface area contributed by atoms with Gasteiger partial charge in [0.2, 0.25) is 11.8 Å². The topological polar surface area (TPSA) is 123 Å². The number of nitrogen functional groups attached to an aromatic ring is 1. The molecule has 1 amide bonds. The number of carbonyl (C=O) groups is 1. The molecule has 3 fully saturated rings. The minimum atomic E-state index is -4.55. The van der Waals surface area contributed by atoms with Crippen LogP contribution in [0.3, 0.4) is 0 Å². The lowest BCUT2D eigenvalue weighted by molar-refractivity contribution is -0.154. The molecule has 0 radical (unpaired) electrons. The Balaban J connectivity index is 1.26. The minimum absolute atomic E-state index is 0.0445. The van der Waals surface area contributed by atoms with Crippen molar-refractivity contribution in [1.29, 1.82) is 0 Å². The number of hydrogen-bond acceptors (Lipinski definition) is 10. The Morgan fingerprint density at radius 1 is 0.920 bits per heavy atom. The lowest BCUT2D eigenvalue weighted by Gasteiger charge is -2.53. The molecule has 11 nitrogen and oxygen atoms in total. The SMILES string of the molecule is COc1nc(C2CC2)nc(OCC(F)(F)F)c1CN1C[C@@H]2CN(C(=O)c3nccnc3N)CCN2[C@H](C(c2ccccc2)c2ccccc2)C1. The van der Waals surface area contributed by atoms with Crippen LogP contribution in [-0.2, 0) is 6.54 Å². The number of rotatable bonds is 10. The summed E-state index contributed by atoms with van der Waals surface area (Å²) in [5.74, 6) is 0.339. The van der Waals surface area contributed by atoms with Crippen LogP contribution in [0.25, 0.3) is 0 Å². The van der Waals surface area contributed by atoms with Crippen molar-refractivity contribution >= 4 is 11.7 Å². The summed E-state index contributed by atoms with van der Waals surface area (Å²) >= 11 is 0. The predicted molar refractivity (Wildman–Crippen MR) is 179 cm³/mol. The molecular formula is C36H39F3N8O3. The molecule has 2 aromatic carbocycles. The van der Waals surface area contributed by atoms with Crippen LogP contribution in [-0.4, -0.2) is 105 Å². The number of benzene rings is 2. The third kappa shape index (κ3) is 7.36. The average molecular weight is 689 g/mol. The van der Waals surface area contributed by atoms with E-state index in [4.69, 9.17) is 15.2 Å². The maximum atomic E-state index is 13.7. The Morgan fingerprint density at radius 2 is 1.58 bits per heavy atom. The summed E-state index contributed by atoms with van der Waals surface area (Å²) in [5, 5.41) is 0. The van der Waals surface area contributed by atoms with Gasteiger partial charge >= 0.3 is 6.18 Å². The van der Waals surface area contributed by atoms with E-state index in [0.29, 0.717) is 44.1 Å². The number of hydrogen-bond donors (Lipinski definition) is 1. The number of piperazine rings is 2. The summed E-state index contributed by atoms with van der Waals surface area (Å²) in [4.78, 5) is 37.5. The molecule has 2 aliphatic heterocycles. The molecular weight excluding hydrogens is 649 g/mol. The first-order chi connectivity index (χ1) is 24.2. The smallest absolute Gasteiger partial charge is 0.422 e. The van der Waals surface area contributed by atoms with E-state index in [2.05, 4.69) is 54.0 Å². The molecule has 50 heavy (non-hydrogen) atoms. The van der Waals surface area contributed by atoms with Crippen LogP contribution < -0.4 is 15.2 Å². The van der Waals surface area contributed by atoms with Crippen LogP contribution in [0.5, 0.6) is 11.8 Å². The van der Waals surface area contributed by atoms with Gasteiger partial charge in [-0.15, -0.1) is 0 Å². The Kier molecular flexibility index (Phi) is 9.56. The van der Waals surface area contributed by atoms with Crippen LogP contribution >= 0.6 is 0 Å². The van der Waals surface area contributed by atoms with Crippen LogP contribution in [0.15, 0.2) is 73.1 Å². The van der Waals surface area contributed by atoms with Crippen LogP contribution in [0.4, 0.5) is 19.0 Å². The summed E-state index contributed by atoms with van der Waals surface area (Å²) in [7, 11) is 1.46. The van der Waals surface area contributed by atoms with Crippen molar-refractivity contribution in [3.63, 3.8) is 0 Å². The van der Waals surface area contributed by atoms with Crippen molar-refractivity contribution in [1.82, 2.24) is 34.6 Å². The Bertz CT molecular complexity index is 1760. The zero-order chi connectivity index (χ0) is 34.8. The molecule has 0 spiro atoms. The van der Waals surface area contributed by atoms with Crippen LogP contribution in [0.2, 0.25) is 0 Å². The van der Waals surface area contributed by atoms with Crippen molar-refractivity contribution in [2.75, 3.05) is 52.2 Å². The maximum absolute atomic E-state index is 13.7. The zero-order valence-electron chi connectivity index (χ0n) is 27.7. The number of fused-ring (bicyclic) bond motifs is 1. The Labute approximate surface area is 288 Å². The molecule has 4 heterocycles. The number of carbonyl (C=O) groups excluding carboxylic acids is 1. The van der Waals surface area contributed by atoms with Crippen molar-refractivity contribution < 1.29 is 27.4 Å².